The van der Waals surface area contributed by atoms with Gasteiger partial charge in [-0.15, -0.1) is 18.2 Å². The minimum Gasteiger partial charge on any atom is -0.328 e. The van der Waals surface area contributed by atoms with Crippen molar-refractivity contribution in [2.45, 2.75) is 44.0 Å². The van der Waals surface area contributed by atoms with E-state index in [4.69, 9.17) is 18.2 Å². The molecule has 5 heteroatoms. The van der Waals surface area contributed by atoms with Gasteiger partial charge in [-0.25, -0.2) is 6.57 Å². The number of hydrogen-bond donors (Lipinski definition) is 1. The molecule has 1 amide bonds. The molecule has 0 bridgehead atoms. The molecule has 4 nitrogen and oxygen atoms in total. The molecular weight excluding hydrogens is 348 g/mol. The summed E-state index contributed by atoms with van der Waals surface area (Å²) < 4.78 is 0. The zero-order chi connectivity index (χ0) is 19.3. The molecule has 0 aromatic heterocycles. The van der Waals surface area contributed by atoms with Gasteiger partial charge in [0.05, 0.1) is 16.5 Å². The van der Waals surface area contributed by atoms with Crippen molar-refractivity contribution in [1.29, 1.82) is 0 Å². The van der Waals surface area contributed by atoms with E-state index < -0.39 is 17.4 Å². The fourth-order valence-electron chi connectivity index (χ4n) is 4.86. The standard InChI is InChI=1S/C21H23ClN2O2/c1-6-21(4)15(22)10-13-17(19(21)23-5)18(26)16-12(20(13,2)3)8-7-9-14(16)24-11-25/h6-9,11,13,15,17,19H,1,10H2,2-4H3,(H,24,25)/t13-,15+,17?,19-,21-/m0/s1. The second kappa shape index (κ2) is 6.25. The van der Waals surface area contributed by atoms with Gasteiger partial charge in [-0.05, 0) is 36.3 Å². The zero-order valence-electron chi connectivity index (χ0n) is 15.3. The Bertz CT molecular complexity index is 826. The summed E-state index contributed by atoms with van der Waals surface area (Å²) in [4.78, 5) is 28.4. The number of anilines is 1. The molecule has 1 fully saturated rings. The number of halogens is 1. The fraction of sp³-hybridized carbons (Fsp3) is 0.476. The fourth-order valence-corrected chi connectivity index (χ4v) is 5.27. The predicted octanol–water partition coefficient (Wildman–Crippen LogP) is 4.45. The number of rotatable bonds is 3. The van der Waals surface area contributed by atoms with Crippen LogP contribution in [0.5, 0.6) is 0 Å². The zero-order valence-corrected chi connectivity index (χ0v) is 16.0. The van der Waals surface area contributed by atoms with E-state index in [9.17, 15) is 9.59 Å². The molecule has 26 heavy (non-hydrogen) atoms. The second-order valence-corrected chi connectivity index (χ2v) is 8.58. The molecule has 0 spiro atoms. The number of alkyl halides is 1. The monoisotopic (exact) mass is 370 g/mol. The second-order valence-electron chi connectivity index (χ2n) is 8.06. The Morgan fingerprint density at radius 2 is 2.08 bits per heavy atom. The Morgan fingerprint density at radius 3 is 2.65 bits per heavy atom. The van der Waals surface area contributed by atoms with E-state index in [0.29, 0.717) is 24.1 Å². The van der Waals surface area contributed by atoms with Crippen LogP contribution in [0.3, 0.4) is 0 Å². The Morgan fingerprint density at radius 1 is 1.38 bits per heavy atom. The maximum Gasteiger partial charge on any atom is 0.244 e. The van der Waals surface area contributed by atoms with Crippen LogP contribution in [0.2, 0.25) is 0 Å². The van der Waals surface area contributed by atoms with Gasteiger partial charge in [0.25, 0.3) is 0 Å². The lowest BCUT2D eigenvalue weighted by atomic mass is 9.50. The highest BCUT2D eigenvalue weighted by molar-refractivity contribution is 6.21. The lowest BCUT2D eigenvalue weighted by Crippen LogP contribution is -2.58. The topological polar surface area (TPSA) is 50.5 Å². The third kappa shape index (κ3) is 2.34. The maximum atomic E-state index is 13.5. The van der Waals surface area contributed by atoms with Gasteiger partial charge >= 0.3 is 0 Å². The van der Waals surface area contributed by atoms with Crippen molar-refractivity contribution >= 4 is 29.5 Å². The van der Waals surface area contributed by atoms with Crippen LogP contribution in [0, 0.1) is 23.8 Å². The van der Waals surface area contributed by atoms with E-state index in [1.54, 1.807) is 12.1 Å². The van der Waals surface area contributed by atoms with E-state index >= 15 is 0 Å². The van der Waals surface area contributed by atoms with Crippen LogP contribution in [0.25, 0.3) is 4.85 Å². The molecule has 5 atom stereocenters. The third-order valence-corrected chi connectivity index (χ3v) is 7.22. The van der Waals surface area contributed by atoms with Crippen molar-refractivity contribution in [3.63, 3.8) is 0 Å². The quantitative estimate of drug-likeness (QED) is 0.370. The van der Waals surface area contributed by atoms with E-state index in [1.807, 2.05) is 19.1 Å². The number of nitrogens with zero attached hydrogens (tertiary/aromatic N) is 1. The molecule has 1 aromatic rings. The van der Waals surface area contributed by atoms with Crippen molar-refractivity contribution < 1.29 is 9.59 Å². The van der Waals surface area contributed by atoms with Crippen LogP contribution < -0.4 is 5.32 Å². The van der Waals surface area contributed by atoms with Crippen molar-refractivity contribution in [3.8, 4) is 0 Å². The van der Waals surface area contributed by atoms with Crippen LogP contribution in [0.1, 0.15) is 43.1 Å². The van der Waals surface area contributed by atoms with E-state index in [-0.39, 0.29) is 22.5 Å². The largest absolute Gasteiger partial charge is 0.328 e. The highest BCUT2D eigenvalue weighted by Crippen LogP contribution is 2.57. The molecule has 2 aliphatic carbocycles. The van der Waals surface area contributed by atoms with Gasteiger partial charge in [0, 0.05) is 5.56 Å². The normalized spacial score (nSPS) is 34.8. The molecule has 0 saturated heterocycles. The summed E-state index contributed by atoms with van der Waals surface area (Å²) in [6.07, 6.45) is 2.96. The first-order chi connectivity index (χ1) is 12.2. The van der Waals surface area contributed by atoms with Crippen LogP contribution in [0.4, 0.5) is 5.69 Å². The SMILES string of the molecule is [C-]#[N+][C@H]1C2C(=O)c3c(NC=O)cccc3C(C)(C)[C@H]2C[C@@H](Cl)[C@]1(C)C=C. The molecule has 0 heterocycles. The maximum absolute atomic E-state index is 13.5. The number of hydrogen-bond acceptors (Lipinski definition) is 2. The Balaban J connectivity index is 2.26. The highest BCUT2D eigenvalue weighted by Gasteiger charge is 2.63. The number of fused-ring (bicyclic) bond motifs is 2. The van der Waals surface area contributed by atoms with Crippen LogP contribution in [-0.4, -0.2) is 23.6 Å². The van der Waals surface area contributed by atoms with Crippen molar-refractivity contribution in [2.24, 2.45) is 17.3 Å². The lowest BCUT2D eigenvalue weighted by molar-refractivity contribution is -0.105. The summed E-state index contributed by atoms with van der Waals surface area (Å²) in [5.41, 5.74) is 0.962. The molecule has 0 aliphatic heterocycles. The van der Waals surface area contributed by atoms with Crippen LogP contribution >= 0.6 is 11.6 Å². The van der Waals surface area contributed by atoms with Crippen LogP contribution in [0.15, 0.2) is 30.9 Å². The van der Waals surface area contributed by atoms with Crippen molar-refractivity contribution in [3.05, 3.63) is 53.4 Å². The molecule has 1 saturated carbocycles. The summed E-state index contributed by atoms with van der Waals surface area (Å²) in [6, 6.07) is 4.94. The molecule has 3 rings (SSSR count). The van der Waals surface area contributed by atoms with Gasteiger partial charge in [0.1, 0.15) is 5.92 Å². The number of carbonyl (C=O) groups is 2. The third-order valence-electron chi connectivity index (χ3n) is 6.57. The van der Waals surface area contributed by atoms with Gasteiger partial charge < -0.3 is 10.2 Å². The van der Waals surface area contributed by atoms with Crippen molar-refractivity contribution in [1.82, 2.24) is 0 Å². The summed E-state index contributed by atoms with van der Waals surface area (Å²) in [7, 11) is 0. The van der Waals surface area contributed by atoms with E-state index in [1.165, 1.54) is 0 Å². The lowest BCUT2D eigenvalue weighted by Gasteiger charge is -2.52. The molecular formula is C21H23ClN2O2. The summed E-state index contributed by atoms with van der Waals surface area (Å²) in [6.45, 7) is 17.8. The summed E-state index contributed by atoms with van der Waals surface area (Å²) >= 11 is 6.72. The number of ketones is 1. The summed E-state index contributed by atoms with van der Waals surface area (Å²) in [5.74, 6) is -0.585. The first-order valence-corrected chi connectivity index (χ1v) is 9.19. The van der Waals surface area contributed by atoms with Gasteiger partial charge in [0.2, 0.25) is 12.5 Å². The molecule has 1 N–H and O–H groups in total. The van der Waals surface area contributed by atoms with Crippen LogP contribution in [-0.2, 0) is 10.2 Å². The predicted molar refractivity (Wildman–Crippen MR) is 103 cm³/mol. The van der Waals surface area contributed by atoms with Crippen molar-refractivity contribution in [2.75, 3.05) is 5.32 Å². The smallest absolute Gasteiger partial charge is 0.244 e. The average Bonchev–Trinajstić information content (AvgIpc) is 2.61. The van der Waals surface area contributed by atoms with E-state index in [0.717, 1.165) is 5.56 Å². The molecule has 136 valence electrons. The van der Waals surface area contributed by atoms with Gasteiger partial charge in [-0.3, -0.25) is 9.59 Å². The minimum absolute atomic E-state index is 0.0383. The Labute approximate surface area is 159 Å². The Kier molecular flexibility index (Phi) is 4.48. The number of nitrogens with one attached hydrogen (secondary N) is 1. The molecule has 0 radical (unpaired) electrons. The minimum atomic E-state index is -0.638. The average molecular weight is 371 g/mol. The first-order valence-electron chi connectivity index (χ1n) is 8.76. The summed E-state index contributed by atoms with van der Waals surface area (Å²) in [5, 5.41) is 2.39. The molecule has 2 aliphatic rings. The van der Waals surface area contributed by atoms with Gasteiger partial charge in [-0.2, -0.15) is 0 Å². The van der Waals surface area contributed by atoms with Gasteiger partial charge in [-0.1, -0.05) is 32.1 Å². The highest BCUT2D eigenvalue weighted by atomic mass is 35.5. The number of amides is 1. The Hall–Kier alpha value is -2.12. The first kappa shape index (κ1) is 18.7. The number of benzene rings is 1. The van der Waals surface area contributed by atoms with E-state index in [2.05, 4.69) is 30.6 Å². The number of carbonyl (C=O) groups excluding carboxylic acids is 2. The van der Waals surface area contributed by atoms with Gasteiger partial charge in [0.15, 0.2) is 5.78 Å². The number of Topliss-reactive ketones (excluding diaryl/α,β-unsaturated/α-hetero) is 1. The molecule has 1 aromatic carbocycles. The molecule has 1 unspecified atom stereocenters.